The molecule has 2 aliphatic rings. The number of hydrogen-bond donors (Lipinski definition) is 1. The number of halogens is 1. The van der Waals surface area contributed by atoms with Gasteiger partial charge in [0.2, 0.25) is 11.8 Å². The molecule has 1 saturated heterocycles. The standard InChI is InChI=1S/C27H29ClN2O4S/c1-17-6-7-18(14-23(17)28)13-20(31)5-3-2-4-12-35-21-8-9-22-19(15-21)16-30(27(22)34)24-10-11-25(32)29-26(24)33/h6-9,14-15,24H,2-5,10-13,16H2,1H3,(H,29,32,33). The molecule has 0 bridgehead atoms. The van der Waals surface area contributed by atoms with Crippen molar-refractivity contribution < 1.29 is 19.2 Å². The number of unbranched alkanes of at least 4 members (excludes halogenated alkanes) is 2. The number of piperidine rings is 1. The predicted octanol–water partition coefficient (Wildman–Crippen LogP) is 4.87. The Kier molecular flexibility index (Phi) is 8.29. The highest BCUT2D eigenvalue weighted by Crippen LogP contribution is 2.31. The molecule has 6 nitrogen and oxygen atoms in total. The van der Waals surface area contributed by atoms with E-state index in [4.69, 9.17) is 11.6 Å². The van der Waals surface area contributed by atoms with Crippen LogP contribution in [0.25, 0.3) is 0 Å². The summed E-state index contributed by atoms with van der Waals surface area (Å²) in [4.78, 5) is 51.3. The van der Waals surface area contributed by atoms with Crippen molar-refractivity contribution in [3.05, 3.63) is 63.7 Å². The number of ketones is 1. The lowest BCUT2D eigenvalue weighted by Gasteiger charge is -2.29. The Morgan fingerprint density at radius 3 is 2.71 bits per heavy atom. The number of benzene rings is 2. The number of fused-ring (bicyclic) bond motifs is 1. The van der Waals surface area contributed by atoms with Gasteiger partial charge in [0.25, 0.3) is 5.91 Å². The smallest absolute Gasteiger partial charge is 0.255 e. The topological polar surface area (TPSA) is 83.6 Å². The monoisotopic (exact) mass is 512 g/mol. The molecular weight excluding hydrogens is 484 g/mol. The van der Waals surface area contributed by atoms with E-state index in [1.807, 2.05) is 43.3 Å². The highest BCUT2D eigenvalue weighted by Gasteiger charge is 2.39. The van der Waals surface area contributed by atoms with Gasteiger partial charge in [0, 0.05) is 41.3 Å². The number of amides is 3. The highest BCUT2D eigenvalue weighted by molar-refractivity contribution is 7.99. The Morgan fingerprint density at radius 1 is 1.11 bits per heavy atom. The van der Waals surface area contributed by atoms with Gasteiger partial charge < -0.3 is 4.90 Å². The summed E-state index contributed by atoms with van der Waals surface area (Å²) in [7, 11) is 0. The minimum Gasteiger partial charge on any atom is -0.322 e. The third-order valence-electron chi connectivity index (χ3n) is 6.50. The van der Waals surface area contributed by atoms with Gasteiger partial charge in [0.15, 0.2) is 0 Å². The van der Waals surface area contributed by atoms with Gasteiger partial charge in [-0.15, -0.1) is 11.8 Å². The zero-order valence-corrected chi connectivity index (χ0v) is 21.3. The Hall–Kier alpha value is -2.64. The minimum absolute atomic E-state index is 0.149. The van der Waals surface area contributed by atoms with Crippen LogP contribution in [-0.2, 0) is 27.3 Å². The van der Waals surface area contributed by atoms with E-state index in [1.54, 1.807) is 16.7 Å². The van der Waals surface area contributed by atoms with Gasteiger partial charge in [-0.3, -0.25) is 24.5 Å². The van der Waals surface area contributed by atoms with E-state index in [0.29, 0.717) is 36.4 Å². The van der Waals surface area contributed by atoms with Gasteiger partial charge in [-0.25, -0.2) is 0 Å². The van der Waals surface area contributed by atoms with Gasteiger partial charge in [-0.2, -0.15) is 0 Å². The van der Waals surface area contributed by atoms with Crippen LogP contribution in [-0.4, -0.2) is 40.2 Å². The molecule has 2 heterocycles. The first kappa shape index (κ1) is 25.5. The molecule has 35 heavy (non-hydrogen) atoms. The molecule has 0 saturated carbocycles. The molecular formula is C27H29ClN2O4S. The number of carbonyl (C=O) groups is 4. The van der Waals surface area contributed by atoms with Gasteiger partial charge in [-0.05, 0) is 72.9 Å². The van der Waals surface area contributed by atoms with Gasteiger partial charge in [0.05, 0.1) is 0 Å². The van der Waals surface area contributed by atoms with Crippen molar-refractivity contribution in [2.75, 3.05) is 5.75 Å². The molecule has 1 N–H and O–H groups in total. The number of thioether (sulfide) groups is 1. The van der Waals surface area contributed by atoms with Crippen molar-refractivity contribution in [1.29, 1.82) is 0 Å². The first-order valence-corrected chi connectivity index (χ1v) is 13.4. The average molecular weight is 513 g/mol. The second-order valence-electron chi connectivity index (χ2n) is 9.18. The molecule has 1 fully saturated rings. The maximum atomic E-state index is 12.8. The quantitative estimate of drug-likeness (QED) is 0.279. The van der Waals surface area contributed by atoms with Crippen molar-refractivity contribution in [2.24, 2.45) is 0 Å². The van der Waals surface area contributed by atoms with E-state index in [2.05, 4.69) is 5.32 Å². The fourth-order valence-electron chi connectivity index (χ4n) is 4.49. The summed E-state index contributed by atoms with van der Waals surface area (Å²) in [6.07, 6.45) is 4.49. The fraction of sp³-hybridized carbons (Fsp3) is 0.407. The Balaban J connectivity index is 1.18. The summed E-state index contributed by atoms with van der Waals surface area (Å²) in [5, 5.41) is 3.03. The SMILES string of the molecule is Cc1ccc(CC(=O)CCCCCSc2ccc3c(c2)CN(C2CCC(=O)NC2=O)C3=O)cc1Cl. The first-order chi connectivity index (χ1) is 16.8. The van der Waals surface area contributed by atoms with Crippen LogP contribution in [0.15, 0.2) is 41.3 Å². The molecule has 4 rings (SSSR count). The molecule has 2 aromatic rings. The van der Waals surface area contributed by atoms with E-state index >= 15 is 0 Å². The van der Waals surface area contributed by atoms with Crippen molar-refractivity contribution in [3.8, 4) is 0 Å². The van der Waals surface area contributed by atoms with Crippen molar-refractivity contribution in [2.45, 2.75) is 69.4 Å². The average Bonchev–Trinajstić information content (AvgIpc) is 3.14. The second-order valence-corrected chi connectivity index (χ2v) is 10.8. The number of carbonyl (C=O) groups excluding carboxylic acids is 4. The van der Waals surface area contributed by atoms with Crippen LogP contribution in [0.3, 0.4) is 0 Å². The third kappa shape index (κ3) is 6.33. The largest absolute Gasteiger partial charge is 0.322 e. The lowest BCUT2D eigenvalue weighted by atomic mass is 10.0. The number of nitrogens with zero attached hydrogens (tertiary/aromatic N) is 1. The number of imide groups is 1. The van der Waals surface area contributed by atoms with E-state index < -0.39 is 11.9 Å². The summed E-state index contributed by atoms with van der Waals surface area (Å²) in [5.74, 6) is 0.351. The maximum absolute atomic E-state index is 12.8. The second kappa shape index (κ2) is 11.4. The number of nitrogens with one attached hydrogen (secondary N) is 1. The third-order valence-corrected chi connectivity index (χ3v) is 7.99. The Morgan fingerprint density at radius 2 is 1.94 bits per heavy atom. The predicted molar refractivity (Wildman–Crippen MR) is 137 cm³/mol. The van der Waals surface area contributed by atoms with Crippen molar-refractivity contribution in [3.63, 3.8) is 0 Å². The van der Waals surface area contributed by atoms with Crippen LogP contribution in [0.1, 0.15) is 65.6 Å². The minimum atomic E-state index is -0.589. The van der Waals surface area contributed by atoms with Gasteiger partial charge >= 0.3 is 0 Å². The zero-order valence-electron chi connectivity index (χ0n) is 19.8. The number of Topliss-reactive ketones (excluding diaryl/α,β-unsaturated/α-hetero) is 1. The van der Waals surface area contributed by atoms with Crippen LogP contribution in [0.2, 0.25) is 5.02 Å². The van der Waals surface area contributed by atoms with E-state index in [-0.39, 0.29) is 24.0 Å². The van der Waals surface area contributed by atoms with E-state index in [9.17, 15) is 19.2 Å². The fourth-order valence-corrected chi connectivity index (χ4v) is 5.67. The normalized spacial score (nSPS) is 17.5. The van der Waals surface area contributed by atoms with Crippen molar-refractivity contribution in [1.82, 2.24) is 10.2 Å². The number of hydrogen-bond acceptors (Lipinski definition) is 5. The van der Waals surface area contributed by atoms with Crippen molar-refractivity contribution >= 4 is 46.9 Å². The number of rotatable bonds is 10. The van der Waals surface area contributed by atoms with Crippen LogP contribution < -0.4 is 5.32 Å². The lowest BCUT2D eigenvalue weighted by molar-refractivity contribution is -0.137. The van der Waals surface area contributed by atoms with Crippen LogP contribution in [0.4, 0.5) is 0 Å². The highest BCUT2D eigenvalue weighted by atomic mass is 35.5. The van der Waals surface area contributed by atoms with Crippen LogP contribution >= 0.6 is 23.4 Å². The molecule has 0 aliphatic carbocycles. The van der Waals surface area contributed by atoms with Gasteiger partial charge in [0.1, 0.15) is 11.8 Å². The molecule has 2 aromatic carbocycles. The molecule has 8 heteroatoms. The molecule has 0 radical (unpaired) electrons. The lowest BCUT2D eigenvalue weighted by Crippen LogP contribution is -2.52. The summed E-state index contributed by atoms with van der Waals surface area (Å²) in [6.45, 7) is 2.34. The summed E-state index contributed by atoms with van der Waals surface area (Å²) in [5.41, 5.74) is 3.54. The zero-order chi connectivity index (χ0) is 24.9. The van der Waals surface area contributed by atoms with E-state index in [1.165, 1.54) is 0 Å². The van der Waals surface area contributed by atoms with Gasteiger partial charge in [-0.1, -0.05) is 30.2 Å². The Bertz CT molecular complexity index is 1170. The van der Waals surface area contributed by atoms with E-state index in [0.717, 1.165) is 46.6 Å². The molecule has 184 valence electrons. The maximum Gasteiger partial charge on any atom is 0.255 e. The molecule has 1 atom stereocenters. The Labute approximate surface area is 214 Å². The van der Waals surface area contributed by atoms with Crippen LogP contribution in [0, 0.1) is 6.92 Å². The van der Waals surface area contributed by atoms with Crippen LogP contribution in [0.5, 0.6) is 0 Å². The summed E-state index contributed by atoms with van der Waals surface area (Å²) in [6, 6.07) is 11.0. The molecule has 3 amide bonds. The summed E-state index contributed by atoms with van der Waals surface area (Å²) < 4.78 is 0. The first-order valence-electron chi connectivity index (χ1n) is 12.0. The number of aryl methyl sites for hydroxylation is 1. The molecule has 0 spiro atoms. The molecule has 0 aromatic heterocycles. The summed E-state index contributed by atoms with van der Waals surface area (Å²) >= 11 is 7.88. The molecule has 1 unspecified atom stereocenters. The molecule has 2 aliphatic heterocycles.